The molecule has 0 aliphatic carbocycles. The van der Waals surface area contributed by atoms with Crippen LogP contribution in [0.1, 0.15) is 49.3 Å². The van der Waals surface area contributed by atoms with Gasteiger partial charge in [0.25, 0.3) is 0 Å². The van der Waals surface area contributed by atoms with Crippen molar-refractivity contribution in [2.45, 2.75) is 64.6 Å². The lowest BCUT2D eigenvalue weighted by Gasteiger charge is -2.31. The number of sulfonamides is 1. The molecule has 2 aromatic rings. The molecule has 0 bridgehead atoms. The smallest absolute Gasteiger partial charge is 0.248 e. The Morgan fingerprint density at radius 1 is 1.28 bits per heavy atom. The van der Waals surface area contributed by atoms with Gasteiger partial charge >= 0.3 is 0 Å². The van der Waals surface area contributed by atoms with Crippen LogP contribution in [0.4, 0.5) is 0 Å². The zero-order valence-corrected chi connectivity index (χ0v) is 20.4. The fraction of sp³-hybridized carbons (Fsp3) is 0.565. The predicted octanol–water partition coefficient (Wildman–Crippen LogP) is 2.85. The van der Waals surface area contributed by atoms with Crippen molar-refractivity contribution >= 4 is 15.9 Å². The summed E-state index contributed by atoms with van der Waals surface area (Å²) in [5, 5.41) is 6.80. The number of piperidine rings is 1. The number of nitrogens with zero attached hydrogens (tertiary/aromatic N) is 3. The molecule has 1 aliphatic heterocycles. The first kappa shape index (κ1) is 24.4. The van der Waals surface area contributed by atoms with Gasteiger partial charge in [-0.1, -0.05) is 29.4 Å². The second-order valence-corrected chi connectivity index (χ2v) is 10.7. The summed E-state index contributed by atoms with van der Waals surface area (Å²) in [6.07, 6.45) is 1.30. The number of aromatic nitrogens is 1. The molecule has 8 nitrogen and oxygen atoms in total. The average Bonchev–Trinajstić information content (AvgIpc) is 3.11. The summed E-state index contributed by atoms with van der Waals surface area (Å²) in [7, 11) is -1.67. The number of aryl methyl sites for hydroxylation is 2. The number of carbonyl (C=O) groups is 1. The van der Waals surface area contributed by atoms with E-state index in [9.17, 15) is 13.2 Å². The monoisotopic (exact) mass is 462 g/mol. The minimum atomic E-state index is -3.75. The highest BCUT2D eigenvalue weighted by Crippen LogP contribution is 2.28. The van der Waals surface area contributed by atoms with Gasteiger partial charge in [0.1, 0.15) is 10.6 Å². The number of benzene rings is 1. The molecule has 9 heteroatoms. The first-order chi connectivity index (χ1) is 15.1. The van der Waals surface area contributed by atoms with Crippen LogP contribution in [0.2, 0.25) is 0 Å². The van der Waals surface area contributed by atoms with E-state index >= 15 is 0 Å². The molecule has 1 aliphatic rings. The summed E-state index contributed by atoms with van der Waals surface area (Å²) in [4.78, 5) is 15.3. The lowest BCUT2D eigenvalue weighted by Crippen LogP contribution is -2.45. The van der Waals surface area contributed by atoms with Gasteiger partial charge in [-0.05, 0) is 58.7 Å². The quantitative estimate of drug-likeness (QED) is 0.648. The van der Waals surface area contributed by atoms with E-state index in [0.717, 1.165) is 12.1 Å². The second-order valence-electron chi connectivity index (χ2n) is 8.85. The molecule has 1 aromatic carbocycles. The number of rotatable bonds is 8. The molecule has 0 radical (unpaired) electrons. The number of hydrogen-bond donors (Lipinski definition) is 1. The maximum atomic E-state index is 13.1. The van der Waals surface area contributed by atoms with Crippen molar-refractivity contribution in [1.82, 2.24) is 19.7 Å². The molecule has 32 heavy (non-hydrogen) atoms. The molecule has 1 amide bonds. The largest absolute Gasteiger partial charge is 0.360 e. The van der Waals surface area contributed by atoms with Crippen LogP contribution >= 0.6 is 0 Å². The van der Waals surface area contributed by atoms with E-state index in [0.29, 0.717) is 37.7 Å². The van der Waals surface area contributed by atoms with Crippen molar-refractivity contribution < 1.29 is 17.7 Å². The third-order valence-electron chi connectivity index (χ3n) is 6.19. The Hall–Kier alpha value is -2.23. The molecular formula is C23H34N4O4S. The van der Waals surface area contributed by atoms with E-state index in [1.165, 1.54) is 9.87 Å². The second kappa shape index (κ2) is 10.1. The molecule has 1 atom stereocenters. The van der Waals surface area contributed by atoms with Crippen LogP contribution in [0.15, 0.2) is 33.7 Å². The standard InChI is InChI=1S/C23H34N4O4S/c1-16(2)26(5)14-20-10-7-6-9-19(20)13-24-23(28)21-11-8-12-27(15-21)32(29,30)22-17(3)25-31-18(22)4/h6-7,9-10,16,21H,8,11-15H2,1-5H3,(H,24,28). The minimum Gasteiger partial charge on any atom is -0.360 e. The molecule has 176 valence electrons. The normalized spacial score (nSPS) is 17.8. The van der Waals surface area contributed by atoms with Gasteiger partial charge in [-0.2, -0.15) is 4.31 Å². The molecule has 0 saturated carbocycles. The van der Waals surface area contributed by atoms with E-state index in [1.54, 1.807) is 13.8 Å². The van der Waals surface area contributed by atoms with Gasteiger partial charge in [-0.25, -0.2) is 8.42 Å². The molecule has 1 fully saturated rings. The van der Waals surface area contributed by atoms with E-state index in [2.05, 4.69) is 42.3 Å². The van der Waals surface area contributed by atoms with E-state index in [-0.39, 0.29) is 29.0 Å². The fourth-order valence-electron chi connectivity index (χ4n) is 4.01. The lowest BCUT2D eigenvalue weighted by molar-refractivity contribution is -0.126. The van der Waals surface area contributed by atoms with Crippen molar-refractivity contribution in [2.75, 3.05) is 20.1 Å². The predicted molar refractivity (Wildman–Crippen MR) is 122 cm³/mol. The van der Waals surface area contributed by atoms with Gasteiger partial charge < -0.3 is 9.84 Å². The van der Waals surface area contributed by atoms with Crippen LogP contribution in [0, 0.1) is 19.8 Å². The molecule has 0 spiro atoms. The molecule has 3 rings (SSSR count). The van der Waals surface area contributed by atoms with Gasteiger partial charge in [0.05, 0.1) is 5.92 Å². The van der Waals surface area contributed by atoms with E-state index in [1.807, 2.05) is 18.2 Å². The van der Waals surface area contributed by atoms with Crippen molar-refractivity contribution in [3.63, 3.8) is 0 Å². The van der Waals surface area contributed by atoms with Gasteiger partial charge in [-0.15, -0.1) is 0 Å². The van der Waals surface area contributed by atoms with E-state index in [4.69, 9.17) is 4.52 Å². The van der Waals surface area contributed by atoms with E-state index < -0.39 is 10.0 Å². The van der Waals surface area contributed by atoms with Crippen molar-refractivity contribution in [2.24, 2.45) is 5.92 Å². The van der Waals surface area contributed by atoms with Crippen LogP contribution < -0.4 is 5.32 Å². The topological polar surface area (TPSA) is 95.8 Å². The van der Waals surface area contributed by atoms with Gasteiger partial charge in [-0.3, -0.25) is 9.69 Å². The lowest BCUT2D eigenvalue weighted by atomic mass is 9.98. The Morgan fingerprint density at radius 2 is 1.97 bits per heavy atom. The summed E-state index contributed by atoms with van der Waals surface area (Å²) < 4.78 is 32.7. The Kier molecular flexibility index (Phi) is 7.74. The Balaban J connectivity index is 1.66. The SMILES string of the molecule is Cc1noc(C)c1S(=O)(=O)N1CCCC(C(=O)NCc2ccccc2CN(C)C(C)C)C1. The number of hydrogen-bond acceptors (Lipinski definition) is 6. The summed E-state index contributed by atoms with van der Waals surface area (Å²) in [6, 6.07) is 8.51. The van der Waals surface area contributed by atoms with Gasteiger partial charge in [0, 0.05) is 32.2 Å². The third-order valence-corrected chi connectivity index (χ3v) is 8.30. The molecule has 1 unspecified atom stereocenters. The van der Waals surface area contributed by atoms with Crippen LogP contribution in [0.3, 0.4) is 0 Å². The summed E-state index contributed by atoms with van der Waals surface area (Å²) in [5.74, 6) is -0.225. The maximum Gasteiger partial charge on any atom is 0.248 e. The van der Waals surface area contributed by atoms with Gasteiger partial charge in [0.2, 0.25) is 15.9 Å². The van der Waals surface area contributed by atoms with Crippen LogP contribution in [-0.2, 0) is 27.9 Å². The van der Waals surface area contributed by atoms with Crippen LogP contribution in [-0.4, -0.2) is 54.9 Å². The third kappa shape index (κ3) is 5.39. The van der Waals surface area contributed by atoms with Crippen LogP contribution in [0.25, 0.3) is 0 Å². The molecule has 1 aromatic heterocycles. The summed E-state index contributed by atoms with van der Waals surface area (Å²) in [6.45, 7) is 9.29. The first-order valence-electron chi connectivity index (χ1n) is 11.1. The number of nitrogens with one attached hydrogen (secondary N) is 1. The Labute approximate surface area is 191 Å². The van der Waals surface area contributed by atoms with Crippen LogP contribution in [0.5, 0.6) is 0 Å². The first-order valence-corrected chi connectivity index (χ1v) is 12.5. The maximum absolute atomic E-state index is 13.1. The molecule has 1 saturated heterocycles. The zero-order valence-electron chi connectivity index (χ0n) is 19.6. The summed E-state index contributed by atoms with van der Waals surface area (Å²) >= 11 is 0. The van der Waals surface area contributed by atoms with Gasteiger partial charge in [0.15, 0.2) is 5.76 Å². The Morgan fingerprint density at radius 3 is 2.59 bits per heavy atom. The highest BCUT2D eigenvalue weighted by Gasteiger charge is 2.36. The molecule has 2 heterocycles. The fourth-order valence-corrected chi connectivity index (χ4v) is 5.82. The molecule has 1 N–H and O–H groups in total. The average molecular weight is 463 g/mol. The summed E-state index contributed by atoms with van der Waals surface area (Å²) in [5.41, 5.74) is 2.59. The molecular weight excluding hydrogens is 428 g/mol. The van der Waals surface area contributed by atoms with Crippen molar-refractivity contribution in [3.8, 4) is 0 Å². The Bertz CT molecular complexity index is 1030. The zero-order chi connectivity index (χ0) is 23.5. The number of amides is 1. The highest BCUT2D eigenvalue weighted by molar-refractivity contribution is 7.89. The van der Waals surface area contributed by atoms with Crippen molar-refractivity contribution in [3.05, 3.63) is 46.8 Å². The minimum absolute atomic E-state index is 0.113. The number of carbonyl (C=O) groups excluding carboxylic acids is 1. The van der Waals surface area contributed by atoms with Crippen molar-refractivity contribution in [1.29, 1.82) is 0 Å². The highest BCUT2D eigenvalue weighted by atomic mass is 32.2.